The van der Waals surface area contributed by atoms with Crippen molar-refractivity contribution in [1.82, 2.24) is 14.9 Å². The standard InChI is InChI=1S/C16H21F3N4O3/c1-25-4-2-23-9-15(7-14(23)24)8-22(3-5-26-10-15)13-6-12(16(17,18)19)20-11-21-13/h6,11H,2-5,7-10H2,1H3. The summed E-state index contributed by atoms with van der Waals surface area (Å²) in [6.07, 6.45) is -3.32. The van der Waals surface area contributed by atoms with Crippen molar-refractivity contribution >= 4 is 11.7 Å². The van der Waals surface area contributed by atoms with Crippen LogP contribution in [0.4, 0.5) is 19.0 Å². The van der Waals surface area contributed by atoms with E-state index in [1.165, 1.54) is 0 Å². The minimum atomic E-state index is -4.53. The predicted molar refractivity (Wildman–Crippen MR) is 85.6 cm³/mol. The summed E-state index contributed by atoms with van der Waals surface area (Å²) in [5.74, 6) is 0.200. The summed E-state index contributed by atoms with van der Waals surface area (Å²) in [7, 11) is 1.57. The van der Waals surface area contributed by atoms with Crippen LogP contribution in [0.3, 0.4) is 0 Å². The maximum absolute atomic E-state index is 12.9. The molecule has 1 unspecified atom stereocenters. The Hall–Kier alpha value is -1.94. The second kappa shape index (κ2) is 7.36. The lowest BCUT2D eigenvalue weighted by molar-refractivity contribution is -0.141. The molecule has 0 aromatic carbocycles. The van der Waals surface area contributed by atoms with Gasteiger partial charge < -0.3 is 19.3 Å². The summed E-state index contributed by atoms with van der Waals surface area (Å²) >= 11 is 0. The van der Waals surface area contributed by atoms with Gasteiger partial charge >= 0.3 is 6.18 Å². The van der Waals surface area contributed by atoms with Crippen molar-refractivity contribution in [3.8, 4) is 0 Å². The zero-order chi connectivity index (χ0) is 18.8. The average molecular weight is 374 g/mol. The molecule has 3 heterocycles. The van der Waals surface area contributed by atoms with Gasteiger partial charge in [-0.05, 0) is 0 Å². The van der Waals surface area contributed by atoms with E-state index >= 15 is 0 Å². The summed E-state index contributed by atoms with van der Waals surface area (Å²) in [4.78, 5) is 23.1. The first-order valence-electron chi connectivity index (χ1n) is 8.32. The molecule has 0 radical (unpaired) electrons. The summed E-state index contributed by atoms with van der Waals surface area (Å²) in [6, 6.07) is 0.943. The lowest BCUT2D eigenvalue weighted by Gasteiger charge is -2.32. The van der Waals surface area contributed by atoms with Crippen LogP contribution in [0, 0.1) is 5.41 Å². The zero-order valence-electron chi connectivity index (χ0n) is 14.5. The number of hydrogen-bond donors (Lipinski definition) is 0. The highest BCUT2D eigenvalue weighted by Crippen LogP contribution is 2.36. The fraction of sp³-hybridized carbons (Fsp3) is 0.688. The van der Waals surface area contributed by atoms with Crippen LogP contribution in [0.15, 0.2) is 12.4 Å². The fourth-order valence-electron chi connectivity index (χ4n) is 3.45. The summed E-state index contributed by atoms with van der Waals surface area (Å²) in [5.41, 5.74) is -1.45. The molecule has 7 nitrogen and oxygen atoms in total. The third kappa shape index (κ3) is 4.07. The van der Waals surface area contributed by atoms with Crippen LogP contribution in [0.2, 0.25) is 0 Å². The SMILES string of the molecule is COCCN1CC2(COCCN(c3cc(C(F)(F)F)ncn3)C2)CC1=O. The molecule has 144 valence electrons. The number of alkyl halides is 3. The summed E-state index contributed by atoms with van der Waals surface area (Å²) < 4.78 is 49.5. The van der Waals surface area contributed by atoms with Gasteiger partial charge in [-0.15, -0.1) is 0 Å². The number of amides is 1. The molecule has 3 rings (SSSR count). The quantitative estimate of drug-likeness (QED) is 0.789. The van der Waals surface area contributed by atoms with E-state index < -0.39 is 17.3 Å². The van der Waals surface area contributed by atoms with Crippen LogP contribution in [0.1, 0.15) is 12.1 Å². The molecule has 1 aromatic rings. The largest absolute Gasteiger partial charge is 0.433 e. The molecule has 0 aliphatic carbocycles. The van der Waals surface area contributed by atoms with Gasteiger partial charge in [-0.25, -0.2) is 9.97 Å². The molecule has 2 saturated heterocycles. The number of halogens is 3. The topological polar surface area (TPSA) is 67.8 Å². The van der Waals surface area contributed by atoms with Crippen LogP contribution in [0.25, 0.3) is 0 Å². The fourth-order valence-corrected chi connectivity index (χ4v) is 3.45. The Balaban J connectivity index is 1.79. The van der Waals surface area contributed by atoms with Crippen molar-refractivity contribution in [2.75, 3.05) is 58.0 Å². The van der Waals surface area contributed by atoms with Crippen molar-refractivity contribution in [2.24, 2.45) is 5.41 Å². The van der Waals surface area contributed by atoms with E-state index in [4.69, 9.17) is 9.47 Å². The van der Waals surface area contributed by atoms with E-state index in [1.54, 1.807) is 16.9 Å². The maximum Gasteiger partial charge on any atom is 0.433 e. The summed E-state index contributed by atoms with van der Waals surface area (Å²) in [6.45, 7) is 2.97. The highest BCUT2D eigenvalue weighted by Gasteiger charge is 2.45. The zero-order valence-corrected chi connectivity index (χ0v) is 14.5. The predicted octanol–water partition coefficient (Wildman–Crippen LogP) is 1.20. The average Bonchev–Trinajstić information content (AvgIpc) is 2.77. The van der Waals surface area contributed by atoms with E-state index in [0.29, 0.717) is 52.4 Å². The van der Waals surface area contributed by atoms with Gasteiger partial charge in [0.15, 0.2) is 0 Å². The highest BCUT2D eigenvalue weighted by molar-refractivity contribution is 5.79. The molecule has 0 N–H and O–H groups in total. The Morgan fingerprint density at radius 2 is 2.15 bits per heavy atom. The molecule has 1 aromatic heterocycles. The Labute approximate surface area is 149 Å². The molecular weight excluding hydrogens is 353 g/mol. The smallest absolute Gasteiger partial charge is 0.383 e. The number of nitrogens with zero attached hydrogens (tertiary/aromatic N) is 4. The van der Waals surface area contributed by atoms with E-state index in [-0.39, 0.29) is 11.7 Å². The molecule has 0 bridgehead atoms. The van der Waals surface area contributed by atoms with Crippen LogP contribution < -0.4 is 4.90 Å². The second-order valence-electron chi connectivity index (χ2n) is 6.72. The number of hydrogen-bond acceptors (Lipinski definition) is 6. The van der Waals surface area contributed by atoms with Gasteiger partial charge in [-0.3, -0.25) is 4.79 Å². The normalized spacial score (nSPS) is 24.4. The number of carbonyl (C=O) groups is 1. The van der Waals surface area contributed by atoms with Gasteiger partial charge in [0.1, 0.15) is 17.8 Å². The third-order valence-corrected chi connectivity index (χ3v) is 4.68. The van der Waals surface area contributed by atoms with Crippen molar-refractivity contribution < 1.29 is 27.4 Å². The minimum absolute atomic E-state index is 0.00571. The van der Waals surface area contributed by atoms with Crippen molar-refractivity contribution in [3.63, 3.8) is 0 Å². The van der Waals surface area contributed by atoms with E-state index in [2.05, 4.69) is 9.97 Å². The molecule has 2 aliphatic rings. The number of ether oxygens (including phenoxy) is 2. The first kappa shape index (κ1) is 18.8. The molecule has 1 spiro atoms. The van der Waals surface area contributed by atoms with Crippen LogP contribution in [0.5, 0.6) is 0 Å². The van der Waals surface area contributed by atoms with Crippen molar-refractivity contribution in [2.45, 2.75) is 12.6 Å². The second-order valence-corrected chi connectivity index (χ2v) is 6.72. The van der Waals surface area contributed by atoms with Crippen molar-refractivity contribution in [1.29, 1.82) is 0 Å². The Bertz CT molecular complexity index is 658. The van der Waals surface area contributed by atoms with E-state index in [1.807, 2.05) is 0 Å². The molecule has 2 fully saturated rings. The number of methoxy groups -OCH3 is 1. The number of anilines is 1. The van der Waals surface area contributed by atoms with Gasteiger partial charge in [-0.2, -0.15) is 13.2 Å². The van der Waals surface area contributed by atoms with Gasteiger partial charge in [0.05, 0.1) is 19.8 Å². The minimum Gasteiger partial charge on any atom is -0.383 e. The highest BCUT2D eigenvalue weighted by atomic mass is 19.4. The van der Waals surface area contributed by atoms with E-state index in [0.717, 1.165) is 12.4 Å². The van der Waals surface area contributed by atoms with E-state index in [9.17, 15) is 18.0 Å². The number of likely N-dealkylation sites (tertiary alicyclic amines) is 1. The lowest BCUT2D eigenvalue weighted by atomic mass is 9.87. The lowest BCUT2D eigenvalue weighted by Crippen LogP contribution is -2.41. The molecule has 2 aliphatic heterocycles. The summed E-state index contributed by atoms with van der Waals surface area (Å²) in [5, 5.41) is 0. The third-order valence-electron chi connectivity index (χ3n) is 4.68. The van der Waals surface area contributed by atoms with Crippen molar-refractivity contribution in [3.05, 3.63) is 18.1 Å². The van der Waals surface area contributed by atoms with Crippen LogP contribution >= 0.6 is 0 Å². The first-order chi connectivity index (χ1) is 12.3. The Kier molecular flexibility index (Phi) is 5.33. The molecule has 0 saturated carbocycles. The molecule has 1 amide bonds. The molecular formula is C16H21F3N4O3. The molecule has 1 atom stereocenters. The number of aromatic nitrogens is 2. The molecule has 26 heavy (non-hydrogen) atoms. The van der Waals surface area contributed by atoms with Crippen LogP contribution in [-0.4, -0.2) is 73.9 Å². The Morgan fingerprint density at radius 1 is 1.35 bits per heavy atom. The molecule has 10 heteroatoms. The van der Waals surface area contributed by atoms with Gasteiger partial charge in [0.2, 0.25) is 5.91 Å². The van der Waals surface area contributed by atoms with Gasteiger partial charge in [0, 0.05) is 51.2 Å². The first-order valence-corrected chi connectivity index (χ1v) is 8.32. The van der Waals surface area contributed by atoms with Crippen LogP contribution in [-0.2, 0) is 20.4 Å². The Morgan fingerprint density at radius 3 is 2.88 bits per heavy atom. The number of carbonyl (C=O) groups excluding carboxylic acids is 1. The monoisotopic (exact) mass is 374 g/mol. The van der Waals surface area contributed by atoms with Gasteiger partial charge in [-0.1, -0.05) is 0 Å². The maximum atomic E-state index is 12.9. The van der Waals surface area contributed by atoms with Gasteiger partial charge in [0.25, 0.3) is 0 Å². The number of rotatable bonds is 4.